The molecule has 23 heavy (non-hydrogen) atoms. The van der Waals surface area contributed by atoms with Gasteiger partial charge in [0, 0.05) is 5.92 Å². The zero-order valence-electron chi connectivity index (χ0n) is 13.1. The van der Waals surface area contributed by atoms with E-state index in [1.165, 1.54) is 0 Å². The summed E-state index contributed by atoms with van der Waals surface area (Å²) in [5.74, 6) is -1.49. The van der Waals surface area contributed by atoms with Crippen molar-refractivity contribution in [2.24, 2.45) is 11.8 Å². The summed E-state index contributed by atoms with van der Waals surface area (Å²) in [6.45, 7) is 3.07. The van der Waals surface area contributed by atoms with Crippen molar-refractivity contribution >= 4 is 5.97 Å². The molecule has 0 amide bonds. The topological polar surface area (TPSA) is 54.0 Å². The fourth-order valence-electron chi connectivity index (χ4n) is 2.71. The van der Waals surface area contributed by atoms with Gasteiger partial charge in [-0.1, -0.05) is 6.92 Å². The quantitative estimate of drug-likeness (QED) is 0.720. The molecule has 2 aliphatic rings. The molecule has 0 aromatic carbocycles. The average Bonchev–Trinajstić information content (AvgIpc) is 2.54. The summed E-state index contributed by atoms with van der Waals surface area (Å²) in [6.07, 6.45) is -2.45. The smallest absolute Gasteiger partial charge is 0.456 e. The molecular formula is C15H23F3O5. The SMILES string of the molecule is CCC1COC(OCC2CCC(OC(=O)C(F)(F)F)CC2)OC1. The number of ether oxygens (including phenoxy) is 4. The maximum Gasteiger partial charge on any atom is 0.490 e. The Kier molecular flexibility index (Phi) is 6.67. The van der Waals surface area contributed by atoms with E-state index in [1.807, 2.05) is 0 Å². The Morgan fingerprint density at radius 1 is 1.09 bits per heavy atom. The molecule has 1 aliphatic heterocycles. The van der Waals surface area contributed by atoms with E-state index < -0.39 is 24.7 Å². The first-order valence-electron chi connectivity index (χ1n) is 8.01. The monoisotopic (exact) mass is 340 g/mol. The zero-order valence-corrected chi connectivity index (χ0v) is 13.1. The lowest BCUT2D eigenvalue weighted by Crippen LogP contribution is -2.36. The van der Waals surface area contributed by atoms with Crippen molar-refractivity contribution in [3.8, 4) is 0 Å². The molecule has 0 spiro atoms. The average molecular weight is 340 g/mol. The number of hydrogen-bond acceptors (Lipinski definition) is 5. The highest BCUT2D eigenvalue weighted by molar-refractivity contribution is 5.75. The second-order valence-corrected chi connectivity index (χ2v) is 6.11. The second-order valence-electron chi connectivity index (χ2n) is 6.11. The van der Waals surface area contributed by atoms with Gasteiger partial charge in [-0.05, 0) is 38.0 Å². The van der Waals surface area contributed by atoms with Crippen LogP contribution in [0.5, 0.6) is 0 Å². The molecule has 0 bridgehead atoms. The third kappa shape index (κ3) is 5.93. The van der Waals surface area contributed by atoms with Crippen LogP contribution in [0.3, 0.4) is 0 Å². The maximum absolute atomic E-state index is 12.1. The molecule has 0 unspecified atom stereocenters. The Morgan fingerprint density at radius 2 is 1.70 bits per heavy atom. The van der Waals surface area contributed by atoms with Crippen molar-refractivity contribution in [3.05, 3.63) is 0 Å². The fraction of sp³-hybridized carbons (Fsp3) is 0.933. The highest BCUT2D eigenvalue weighted by Crippen LogP contribution is 2.29. The number of alkyl halides is 3. The van der Waals surface area contributed by atoms with Crippen LogP contribution in [0.4, 0.5) is 13.2 Å². The standard InChI is InChI=1S/C15H23F3O5/c1-2-10-7-20-14(21-8-10)22-9-11-3-5-12(6-4-11)23-13(19)15(16,17)18/h10-12,14H,2-9H2,1H3. The summed E-state index contributed by atoms with van der Waals surface area (Å²) in [7, 11) is 0. The van der Waals surface area contributed by atoms with Crippen LogP contribution < -0.4 is 0 Å². The first-order chi connectivity index (χ1) is 10.9. The van der Waals surface area contributed by atoms with E-state index in [0.717, 1.165) is 6.42 Å². The third-order valence-electron chi connectivity index (χ3n) is 4.28. The van der Waals surface area contributed by atoms with E-state index in [-0.39, 0.29) is 5.92 Å². The van der Waals surface area contributed by atoms with E-state index in [9.17, 15) is 18.0 Å². The molecule has 2 fully saturated rings. The van der Waals surface area contributed by atoms with Crippen molar-refractivity contribution in [2.75, 3.05) is 19.8 Å². The van der Waals surface area contributed by atoms with Gasteiger partial charge in [0.1, 0.15) is 6.10 Å². The minimum absolute atomic E-state index is 0.215. The molecule has 1 saturated heterocycles. The van der Waals surface area contributed by atoms with Crippen molar-refractivity contribution in [1.29, 1.82) is 0 Å². The largest absolute Gasteiger partial charge is 0.490 e. The minimum Gasteiger partial charge on any atom is -0.456 e. The Labute approximate surface area is 133 Å². The van der Waals surface area contributed by atoms with Crippen LogP contribution in [0.15, 0.2) is 0 Å². The van der Waals surface area contributed by atoms with Gasteiger partial charge in [0.25, 0.3) is 6.48 Å². The van der Waals surface area contributed by atoms with Crippen LogP contribution in [0.2, 0.25) is 0 Å². The lowest BCUT2D eigenvalue weighted by atomic mass is 9.88. The van der Waals surface area contributed by atoms with Gasteiger partial charge in [-0.15, -0.1) is 0 Å². The summed E-state index contributed by atoms with van der Waals surface area (Å²) >= 11 is 0. The molecule has 1 aliphatic carbocycles. The molecule has 0 aromatic heterocycles. The summed E-state index contributed by atoms with van der Waals surface area (Å²) in [5.41, 5.74) is 0. The van der Waals surface area contributed by atoms with Gasteiger partial charge in [-0.3, -0.25) is 0 Å². The number of esters is 1. The highest BCUT2D eigenvalue weighted by Gasteiger charge is 2.42. The zero-order chi connectivity index (χ0) is 16.9. The summed E-state index contributed by atoms with van der Waals surface area (Å²) in [4.78, 5) is 10.8. The van der Waals surface area contributed by atoms with Crippen LogP contribution in [0.1, 0.15) is 39.0 Å². The van der Waals surface area contributed by atoms with Crippen LogP contribution in [-0.4, -0.2) is 44.5 Å². The van der Waals surface area contributed by atoms with E-state index in [1.54, 1.807) is 0 Å². The Hall–Kier alpha value is -0.860. The van der Waals surface area contributed by atoms with Crippen LogP contribution in [0.25, 0.3) is 0 Å². The molecule has 134 valence electrons. The fourth-order valence-corrected chi connectivity index (χ4v) is 2.71. The van der Waals surface area contributed by atoms with E-state index in [4.69, 9.17) is 14.2 Å². The number of carbonyl (C=O) groups is 1. The molecule has 0 atom stereocenters. The van der Waals surface area contributed by atoms with E-state index in [0.29, 0.717) is 51.4 Å². The number of hydrogen-bond donors (Lipinski definition) is 0. The maximum atomic E-state index is 12.1. The van der Waals surface area contributed by atoms with Gasteiger partial charge < -0.3 is 18.9 Å². The molecule has 8 heteroatoms. The number of halogens is 3. The molecule has 0 aromatic rings. The summed E-state index contributed by atoms with van der Waals surface area (Å²) in [6, 6.07) is 0. The van der Waals surface area contributed by atoms with Crippen LogP contribution in [-0.2, 0) is 23.7 Å². The lowest BCUT2D eigenvalue weighted by molar-refractivity contribution is -0.325. The molecule has 1 saturated carbocycles. The van der Waals surface area contributed by atoms with Crippen molar-refractivity contribution in [3.63, 3.8) is 0 Å². The van der Waals surface area contributed by atoms with Crippen molar-refractivity contribution < 1.29 is 36.9 Å². The highest BCUT2D eigenvalue weighted by atomic mass is 19.4. The Bertz CT molecular complexity index is 372. The molecule has 0 radical (unpaired) electrons. The van der Waals surface area contributed by atoms with Gasteiger partial charge >= 0.3 is 12.1 Å². The van der Waals surface area contributed by atoms with Gasteiger partial charge in [-0.25, -0.2) is 4.79 Å². The first kappa shape index (κ1) is 18.5. The molecule has 0 N–H and O–H groups in total. The number of carbonyl (C=O) groups excluding carboxylic acids is 1. The van der Waals surface area contributed by atoms with Crippen molar-refractivity contribution in [1.82, 2.24) is 0 Å². The van der Waals surface area contributed by atoms with Gasteiger partial charge in [0.2, 0.25) is 0 Å². The second kappa shape index (κ2) is 8.30. The normalized spacial score (nSPS) is 32.5. The Morgan fingerprint density at radius 3 is 2.22 bits per heavy atom. The third-order valence-corrected chi connectivity index (χ3v) is 4.28. The Balaban J connectivity index is 1.61. The first-order valence-corrected chi connectivity index (χ1v) is 8.01. The minimum atomic E-state index is -4.92. The summed E-state index contributed by atoms with van der Waals surface area (Å²) < 4.78 is 57.3. The van der Waals surface area contributed by atoms with Gasteiger partial charge in [-0.2, -0.15) is 13.2 Å². The predicted octanol–water partition coefficient (Wildman–Crippen LogP) is 3.02. The van der Waals surface area contributed by atoms with Crippen LogP contribution in [0, 0.1) is 11.8 Å². The summed E-state index contributed by atoms with van der Waals surface area (Å²) in [5, 5.41) is 0. The van der Waals surface area contributed by atoms with E-state index in [2.05, 4.69) is 11.7 Å². The molecule has 5 nitrogen and oxygen atoms in total. The van der Waals surface area contributed by atoms with Crippen molar-refractivity contribution in [2.45, 2.75) is 57.8 Å². The number of rotatable bonds is 5. The van der Waals surface area contributed by atoms with E-state index >= 15 is 0 Å². The molecule has 1 heterocycles. The van der Waals surface area contributed by atoms with Crippen LogP contribution >= 0.6 is 0 Å². The van der Waals surface area contributed by atoms with Gasteiger partial charge in [0.15, 0.2) is 0 Å². The van der Waals surface area contributed by atoms with Gasteiger partial charge in [0.05, 0.1) is 19.8 Å². The molecular weight excluding hydrogens is 317 g/mol. The lowest BCUT2D eigenvalue weighted by Gasteiger charge is -2.31. The predicted molar refractivity (Wildman–Crippen MR) is 73.3 cm³/mol. The molecule has 2 rings (SSSR count).